The maximum absolute atomic E-state index is 6.25. The minimum absolute atomic E-state index is 0.460. The molecule has 4 rings (SSSR count). The van der Waals surface area contributed by atoms with Crippen LogP contribution in [-0.2, 0) is 0 Å². The molecule has 4 aromatic rings. The molecule has 0 amide bonds. The summed E-state index contributed by atoms with van der Waals surface area (Å²) in [5.74, 6) is 0.460. The zero-order chi connectivity index (χ0) is 18.3. The minimum Gasteiger partial charge on any atom is -0.232 e. The number of aromatic amines is 1. The number of benzene rings is 2. The number of H-pyrrole nitrogens is 1. The topological polar surface area (TPSA) is 67.3 Å². The fourth-order valence-corrected chi connectivity index (χ4v) is 4.16. The van der Waals surface area contributed by atoms with Gasteiger partial charge in [0.15, 0.2) is 5.01 Å². The van der Waals surface area contributed by atoms with E-state index in [1.165, 1.54) is 11.3 Å². The lowest BCUT2D eigenvalue weighted by Gasteiger charge is -2.09. The number of halogens is 2. The molecule has 130 valence electrons. The van der Waals surface area contributed by atoms with E-state index in [1.54, 1.807) is 0 Å². The summed E-state index contributed by atoms with van der Waals surface area (Å²) in [5, 5.41) is 16.2. The van der Waals surface area contributed by atoms with Crippen molar-refractivity contribution in [3.8, 4) is 32.5 Å². The van der Waals surface area contributed by atoms with Gasteiger partial charge in [-0.05, 0) is 60.0 Å². The minimum atomic E-state index is 0.460. The van der Waals surface area contributed by atoms with Crippen molar-refractivity contribution in [1.82, 2.24) is 25.6 Å². The highest BCUT2D eigenvalue weighted by molar-refractivity contribution is 7.18. The molecule has 0 fully saturated rings. The van der Waals surface area contributed by atoms with Crippen molar-refractivity contribution in [1.29, 1.82) is 0 Å². The van der Waals surface area contributed by atoms with Gasteiger partial charge in [0.2, 0.25) is 5.82 Å². The summed E-state index contributed by atoms with van der Waals surface area (Å²) < 4.78 is 0. The summed E-state index contributed by atoms with van der Waals surface area (Å²) in [6, 6.07) is 11.6. The van der Waals surface area contributed by atoms with Gasteiger partial charge in [-0.15, -0.1) is 21.5 Å². The molecule has 0 bridgehead atoms. The van der Waals surface area contributed by atoms with Crippen molar-refractivity contribution in [3.05, 3.63) is 57.6 Å². The van der Waals surface area contributed by atoms with Gasteiger partial charge in [0, 0.05) is 15.6 Å². The molecule has 0 aliphatic rings. The van der Waals surface area contributed by atoms with Crippen LogP contribution in [-0.4, -0.2) is 25.6 Å². The lowest BCUT2D eigenvalue weighted by atomic mass is 10.00. The first kappa shape index (κ1) is 17.1. The number of nitrogens with zero attached hydrogens (tertiary/aromatic N) is 4. The SMILES string of the molecule is Cc1ccc(Cl)cc1-c1nc(-c2nn[nH]n2)sc1-c1cc(Cl)ccc1C. The fraction of sp³-hybridized carbons (Fsp3) is 0.111. The normalized spacial score (nSPS) is 11.1. The molecule has 0 spiro atoms. The average molecular weight is 402 g/mol. The van der Waals surface area contributed by atoms with Gasteiger partial charge in [0.1, 0.15) is 0 Å². The number of hydrogen-bond acceptors (Lipinski definition) is 5. The van der Waals surface area contributed by atoms with E-state index < -0.39 is 0 Å². The lowest BCUT2D eigenvalue weighted by molar-refractivity contribution is 0.881. The number of rotatable bonds is 3. The van der Waals surface area contributed by atoms with Gasteiger partial charge >= 0.3 is 0 Å². The highest BCUT2D eigenvalue weighted by atomic mass is 35.5. The maximum Gasteiger partial charge on any atom is 0.233 e. The van der Waals surface area contributed by atoms with Gasteiger partial charge in [-0.3, -0.25) is 0 Å². The zero-order valence-electron chi connectivity index (χ0n) is 13.9. The molecule has 2 aromatic heterocycles. The molecule has 2 aromatic carbocycles. The van der Waals surface area contributed by atoms with Crippen molar-refractivity contribution in [3.63, 3.8) is 0 Å². The van der Waals surface area contributed by atoms with Gasteiger partial charge < -0.3 is 0 Å². The Morgan fingerprint density at radius 2 is 1.58 bits per heavy atom. The van der Waals surface area contributed by atoms with Crippen LogP contribution >= 0.6 is 34.5 Å². The first-order chi connectivity index (χ1) is 12.5. The standard InChI is InChI=1S/C18H13Cl2N5S/c1-9-3-5-11(19)7-13(9)15-16(14-8-12(20)6-4-10(14)2)26-18(21-15)17-22-24-25-23-17/h3-8H,1-2H3,(H,22,23,24,25). The molecular weight excluding hydrogens is 389 g/mol. The highest BCUT2D eigenvalue weighted by Crippen LogP contribution is 2.42. The number of hydrogen-bond donors (Lipinski definition) is 1. The quantitative estimate of drug-likeness (QED) is 0.486. The Bertz CT molecular complexity index is 1020. The van der Waals surface area contributed by atoms with Gasteiger partial charge in [-0.1, -0.05) is 35.3 Å². The summed E-state index contributed by atoms with van der Waals surface area (Å²) >= 11 is 14.0. The van der Waals surface area contributed by atoms with E-state index in [4.69, 9.17) is 28.2 Å². The first-order valence-corrected chi connectivity index (χ1v) is 9.38. The summed E-state index contributed by atoms with van der Waals surface area (Å²) in [6.07, 6.45) is 0. The van der Waals surface area contributed by atoms with Crippen molar-refractivity contribution in [2.75, 3.05) is 0 Å². The predicted octanol–water partition coefficient (Wildman–Crippen LogP) is 5.58. The summed E-state index contributed by atoms with van der Waals surface area (Å²) in [5.41, 5.74) is 5.02. The Labute approximate surface area is 164 Å². The van der Waals surface area contributed by atoms with E-state index in [0.717, 1.165) is 32.8 Å². The highest BCUT2D eigenvalue weighted by Gasteiger charge is 2.21. The monoisotopic (exact) mass is 401 g/mol. The molecule has 8 heteroatoms. The van der Waals surface area contributed by atoms with Crippen molar-refractivity contribution in [2.24, 2.45) is 0 Å². The Morgan fingerprint density at radius 1 is 0.923 bits per heavy atom. The fourth-order valence-electron chi connectivity index (χ4n) is 2.72. The molecule has 0 radical (unpaired) electrons. The van der Waals surface area contributed by atoms with Gasteiger partial charge in [-0.2, -0.15) is 5.21 Å². The summed E-state index contributed by atoms with van der Waals surface area (Å²) in [4.78, 5) is 5.80. The van der Waals surface area contributed by atoms with Crippen LogP contribution in [0.5, 0.6) is 0 Å². The van der Waals surface area contributed by atoms with Gasteiger partial charge in [0.25, 0.3) is 0 Å². The van der Waals surface area contributed by atoms with Crippen LogP contribution in [0.3, 0.4) is 0 Å². The second-order valence-electron chi connectivity index (χ2n) is 5.85. The van der Waals surface area contributed by atoms with Crippen LogP contribution in [0, 0.1) is 13.8 Å². The largest absolute Gasteiger partial charge is 0.233 e. The molecule has 0 atom stereocenters. The second kappa shape index (κ2) is 6.79. The third kappa shape index (κ3) is 3.11. The number of thiazole rings is 1. The Hall–Kier alpha value is -2.28. The third-order valence-corrected chi connectivity index (χ3v) is 5.62. The third-order valence-electron chi connectivity index (χ3n) is 4.06. The van der Waals surface area contributed by atoms with E-state index in [9.17, 15) is 0 Å². The maximum atomic E-state index is 6.25. The zero-order valence-corrected chi connectivity index (χ0v) is 16.2. The Balaban J connectivity index is 2.00. The van der Waals surface area contributed by atoms with Crippen molar-refractivity contribution in [2.45, 2.75) is 13.8 Å². The summed E-state index contributed by atoms with van der Waals surface area (Å²) in [7, 11) is 0. The molecule has 0 saturated heterocycles. The summed E-state index contributed by atoms with van der Waals surface area (Å²) in [6.45, 7) is 4.08. The van der Waals surface area contributed by atoms with E-state index in [1.807, 2.05) is 50.2 Å². The smallest absolute Gasteiger partial charge is 0.232 e. The predicted molar refractivity (Wildman–Crippen MR) is 106 cm³/mol. The molecule has 0 aliphatic heterocycles. The van der Waals surface area contributed by atoms with Crippen molar-refractivity contribution < 1.29 is 0 Å². The van der Waals surface area contributed by atoms with E-state index in [-0.39, 0.29) is 0 Å². The second-order valence-corrected chi connectivity index (χ2v) is 7.72. The van der Waals surface area contributed by atoms with Crippen molar-refractivity contribution >= 4 is 34.5 Å². The number of nitrogens with one attached hydrogen (secondary N) is 1. The van der Waals surface area contributed by atoms with Crippen LogP contribution in [0.2, 0.25) is 10.0 Å². The number of aromatic nitrogens is 5. The van der Waals surface area contributed by atoms with Gasteiger partial charge in [0.05, 0.1) is 10.6 Å². The Kier molecular flexibility index (Phi) is 4.48. The molecule has 0 unspecified atom stereocenters. The molecule has 0 saturated carbocycles. The van der Waals surface area contributed by atoms with Crippen LogP contribution < -0.4 is 0 Å². The lowest BCUT2D eigenvalue weighted by Crippen LogP contribution is -1.89. The van der Waals surface area contributed by atoms with E-state index >= 15 is 0 Å². The molecule has 2 heterocycles. The molecule has 5 nitrogen and oxygen atoms in total. The van der Waals surface area contributed by atoms with Crippen LogP contribution in [0.15, 0.2) is 36.4 Å². The van der Waals surface area contributed by atoms with Crippen LogP contribution in [0.25, 0.3) is 32.5 Å². The van der Waals surface area contributed by atoms with Crippen LogP contribution in [0.4, 0.5) is 0 Å². The Morgan fingerprint density at radius 3 is 2.23 bits per heavy atom. The van der Waals surface area contributed by atoms with Gasteiger partial charge in [-0.25, -0.2) is 4.98 Å². The number of aryl methyl sites for hydroxylation is 2. The molecule has 26 heavy (non-hydrogen) atoms. The molecule has 0 aliphatic carbocycles. The van der Waals surface area contributed by atoms with E-state index in [2.05, 4.69) is 20.6 Å². The van der Waals surface area contributed by atoms with Crippen LogP contribution in [0.1, 0.15) is 11.1 Å². The van der Waals surface area contributed by atoms with E-state index in [0.29, 0.717) is 20.9 Å². The average Bonchev–Trinajstić information content (AvgIpc) is 3.28. The molecular formula is C18H13Cl2N5S. The first-order valence-electron chi connectivity index (χ1n) is 7.80. The molecule has 1 N–H and O–H groups in total. The number of tetrazole rings is 1.